The Morgan fingerprint density at radius 3 is 2.90 bits per heavy atom. The van der Waals surface area contributed by atoms with Crippen LogP contribution in [0.3, 0.4) is 0 Å². The van der Waals surface area contributed by atoms with Gasteiger partial charge in [-0.1, -0.05) is 0 Å². The van der Waals surface area contributed by atoms with Gasteiger partial charge >= 0.3 is 6.61 Å². The predicted octanol–water partition coefficient (Wildman–Crippen LogP) is 3.81. The number of rotatable bonds is 5. The smallest absolute Gasteiger partial charge is 0.388 e. The average molecular weight is 454 g/mol. The van der Waals surface area contributed by atoms with Crippen LogP contribution in [-0.2, 0) is 6.54 Å². The predicted molar refractivity (Wildman–Crippen MR) is 103 cm³/mol. The molecule has 0 bridgehead atoms. The van der Waals surface area contributed by atoms with Crippen LogP contribution in [0.1, 0.15) is 12.1 Å². The number of hydrogen-bond acceptors (Lipinski definition) is 7. The highest BCUT2D eigenvalue weighted by Gasteiger charge is 2.34. The van der Waals surface area contributed by atoms with Crippen molar-refractivity contribution >= 4 is 22.6 Å². The lowest BCUT2D eigenvalue weighted by Crippen LogP contribution is -2.37. The number of aromatic amines is 1. The molecule has 13 heteroatoms. The van der Waals surface area contributed by atoms with Crippen LogP contribution in [0, 0.1) is 0 Å². The van der Waals surface area contributed by atoms with E-state index in [0.29, 0.717) is 16.6 Å². The maximum Gasteiger partial charge on any atom is 0.388 e. The number of fused-ring (bicyclic) bond motifs is 2. The Bertz CT molecular complexity index is 1250. The van der Waals surface area contributed by atoms with E-state index in [-0.39, 0.29) is 41.7 Å². The van der Waals surface area contributed by atoms with Crippen LogP contribution in [-0.4, -0.2) is 43.4 Å². The van der Waals surface area contributed by atoms with Gasteiger partial charge < -0.3 is 20.2 Å². The second-order valence-electron chi connectivity index (χ2n) is 6.81. The zero-order valence-corrected chi connectivity index (χ0v) is 16.4. The molecule has 4 aromatic heterocycles. The number of H-pyrrole nitrogens is 1. The van der Waals surface area contributed by atoms with Crippen LogP contribution in [0.4, 0.5) is 17.6 Å². The summed E-state index contributed by atoms with van der Waals surface area (Å²) >= 11 is 0.901. The number of aromatic nitrogens is 5. The van der Waals surface area contributed by atoms with Gasteiger partial charge in [-0.15, -0.1) is 0 Å². The fourth-order valence-electron chi connectivity index (χ4n) is 3.63. The van der Waals surface area contributed by atoms with Crippen molar-refractivity contribution in [3.05, 3.63) is 29.4 Å². The first kappa shape index (κ1) is 19.8. The van der Waals surface area contributed by atoms with Gasteiger partial charge in [0.25, 0.3) is 6.43 Å². The van der Waals surface area contributed by atoms with Gasteiger partial charge in [-0.2, -0.15) is 18.3 Å². The maximum atomic E-state index is 14.0. The highest BCUT2D eigenvalue weighted by atomic mass is 32.1. The highest BCUT2D eigenvalue weighted by Crippen LogP contribution is 2.47. The molecular formula is C18H14F4N6O2S. The van der Waals surface area contributed by atoms with Gasteiger partial charge in [0.1, 0.15) is 17.9 Å². The molecule has 0 amide bonds. The van der Waals surface area contributed by atoms with E-state index in [1.54, 1.807) is 12.1 Å². The molecule has 1 aliphatic rings. The number of nitrogens with one attached hydrogen (secondary N) is 1. The van der Waals surface area contributed by atoms with Gasteiger partial charge in [0.15, 0.2) is 0 Å². The number of hydrogen-bond donors (Lipinski definition) is 2. The van der Waals surface area contributed by atoms with Crippen LogP contribution >= 0.6 is 11.5 Å². The summed E-state index contributed by atoms with van der Waals surface area (Å²) in [6.45, 7) is -2.78. The monoisotopic (exact) mass is 454 g/mol. The molecule has 0 aliphatic carbocycles. The molecule has 0 radical (unpaired) electrons. The third kappa shape index (κ3) is 3.29. The Balaban J connectivity index is 1.80. The molecule has 3 N–H and O–H groups in total. The van der Waals surface area contributed by atoms with E-state index in [0.717, 1.165) is 11.5 Å². The molecule has 5 rings (SSSR count). The van der Waals surface area contributed by atoms with Crippen LogP contribution < -0.4 is 15.2 Å². The van der Waals surface area contributed by atoms with Gasteiger partial charge in [0.05, 0.1) is 29.4 Å². The largest absolute Gasteiger partial charge is 0.476 e. The molecule has 0 spiro atoms. The van der Waals surface area contributed by atoms with Crippen molar-refractivity contribution in [2.24, 2.45) is 5.73 Å². The molecule has 31 heavy (non-hydrogen) atoms. The first-order chi connectivity index (χ1) is 14.9. The van der Waals surface area contributed by atoms with Gasteiger partial charge in [-0.05, 0) is 23.7 Å². The standard InChI is InChI=1S/C18H14F4N6O2S/c19-14(20)13-11(17-28(26-13)4-7(23)5-29-17)12-10(8-2-1-3-24-15(8)25-12)9-6-31-27-16(9)30-18(21)22/h1-3,6-7,14,18H,4-5,23H2,(H,24,25). The molecule has 0 saturated carbocycles. The Morgan fingerprint density at radius 1 is 1.29 bits per heavy atom. The quantitative estimate of drug-likeness (QED) is 0.445. The highest BCUT2D eigenvalue weighted by molar-refractivity contribution is 7.04. The van der Waals surface area contributed by atoms with E-state index in [9.17, 15) is 17.6 Å². The van der Waals surface area contributed by atoms with Gasteiger partial charge in [0.2, 0.25) is 11.8 Å². The molecule has 162 valence electrons. The Labute approximate surface area is 175 Å². The summed E-state index contributed by atoms with van der Waals surface area (Å²) in [7, 11) is 0. The second kappa shape index (κ2) is 7.50. The summed E-state index contributed by atoms with van der Waals surface area (Å²) in [6, 6.07) is 2.94. The Kier molecular flexibility index (Phi) is 4.78. The SMILES string of the molecule is NC1COc2c(-c3[nH]c4ncccc4c3-c3csnc3OC(F)F)c(C(F)F)nn2C1. The molecule has 8 nitrogen and oxygen atoms in total. The van der Waals surface area contributed by atoms with Crippen molar-refractivity contribution in [2.45, 2.75) is 25.6 Å². The molecule has 1 atom stereocenters. The topological polar surface area (TPSA) is 104 Å². The fourth-order valence-corrected chi connectivity index (χ4v) is 4.25. The summed E-state index contributed by atoms with van der Waals surface area (Å²) in [5.74, 6) is -0.196. The van der Waals surface area contributed by atoms with Gasteiger partial charge in [-0.3, -0.25) is 0 Å². The lowest BCUT2D eigenvalue weighted by molar-refractivity contribution is -0.0518. The van der Waals surface area contributed by atoms with E-state index in [1.807, 2.05) is 0 Å². The molecular weight excluding hydrogens is 440 g/mol. The summed E-state index contributed by atoms with van der Waals surface area (Å²) < 4.78 is 69.1. The first-order valence-electron chi connectivity index (χ1n) is 9.08. The molecule has 1 aliphatic heterocycles. The summed E-state index contributed by atoms with van der Waals surface area (Å²) in [5.41, 5.74) is 6.49. The minimum absolute atomic E-state index is 0.0177. The lowest BCUT2D eigenvalue weighted by atomic mass is 10.0. The van der Waals surface area contributed by atoms with Gasteiger partial charge in [0, 0.05) is 22.5 Å². The minimum atomic E-state index is -3.10. The number of pyridine rings is 1. The third-order valence-corrected chi connectivity index (χ3v) is 5.42. The number of halogens is 4. The summed E-state index contributed by atoms with van der Waals surface area (Å²) in [5, 5.41) is 6.02. The normalized spacial score (nSPS) is 16.2. The molecule has 0 fully saturated rings. The lowest BCUT2D eigenvalue weighted by Gasteiger charge is -2.21. The third-order valence-electron chi connectivity index (χ3n) is 4.81. The summed E-state index contributed by atoms with van der Waals surface area (Å²) in [4.78, 5) is 7.25. The number of nitrogens with zero attached hydrogens (tertiary/aromatic N) is 4. The number of alkyl halides is 4. The minimum Gasteiger partial charge on any atom is -0.476 e. The average Bonchev–Trinajstić information content (AvgIpc) is 3.41. The van der Waals surface area contributed by atoms with E-state index in [2.05, 4.69) is 24.2 Å². The van der Waals surface area contributed by atoms with Crippen molar-refractivity contribution in [3.8, 4) is 34.1 Å². The maximum absolute atomic E-state index is 14.0. The van der Waals surface area contributed by atoms with Crippen molar-refractivity contribution in [2.75, 3.05) is 6.61 Å². The van der Waals surface area contributed by atoms with Crippen LogP contribution in [0.25, 0.3) is 33.4 Å². The van der Waals surface area contributed by atoms with Crippen molar-refractivity contribution in [1.82, 2.24) is 24.1 Å². The summed E-state index contributed by atoms with van der Waals surface area (Å²) in [6.07, 6.45) is -1.40. The van der Waals surface area contributed by atoms with E-state index in [4.69, 9.17) is 10.5 Å². The van der Waals surface area contributed by atoms with Crippen molar-refractivity contribution in [1.29, 1.82) is 0 Å². The Morgan fingerprint density at radius 2 is 2.13 bits per heavy atom. The zero-order chi connectivity index (χ0) is 21.7. The second-order valence-corrected chi connectivity index (χ2v) is 7.43. The molecule has 5 heterocycles. The van der Waals surface area contributed by atoms with Crippen molar-refractivity contribution in [3.63, 3.8) is 0 Å². The molecule has 0 aromatic carbocycles. The number of nitrogens with two attached hydrogens (primary N) is 1. The van der Waals surface area contributed by atoms with Crippen LogP contribution in [0.2, 0.25) is 0 Å². The fraction of sp³-hybridized carbons (Fsp3) is 0.278. The van der Waals surface area contributed by atoms with E-state index in [1.165, 1.54) is 16.3 Å². The van der Waals surface area contributed by atoms with Crippen LogP contribution in [0.15, 0.2) is 23.7 Å². The van der Waals surface area contributed by atoms with E-state index < -0.39 is 24.8 Å². The Hall–Kier alpha value is -3.19. The molecule has 0 saturated heterocycles. The van der Waals surface area contributed by atoms with Gasteiger partial charge in [-0.25, -0.2) is 18.4 Å². The van der Waals surface area contributed by atoms with E-state index >= 15 is 0 Å². The first-order valence-corrected chi connectivity index (χ1v) is 9.91. The zero-order valence-electron chi connectivity index (χ0n) is 15.6. The molecule has 4 aromatic rings. The van der Waals surface area contributed by atoms with Crippen molar-refractivity contribution < 1.29 is 27.0 Å². The number of ether oxygens (including phenoxy) is 2. The van der Waals surface area contributed by atoms with Crippen LogP contribution in [0.5, 0.6) is 11.8 Å². The molecule has 1 unspecified atom stereocenters.